The summed E-state index contributed by atoms with van der Waals surface area (Å²) in [7, 11) is 2.91. The molecule has 1 aromatic heterocycles. The van der Waals surface area contributed by atoms with Crippen LogP contribution in [0.1, 0.15) is 54.9 Å². The van der Waals surface area contributed by atoms with Gasteiger partial charge in [-0.1, -0.05) is 34.1 Å². The summed E-state index contributed by atoms with van der Waals surface area (Å²) in [6.07, 6.45) is -0.246. The van der Waals surface area contributed by atoms with Crippen molar-refractivity contribution in [3.05, 3.63) is 6.07 Å². The topological polar surface area (TPSA) is 109 Å². The van der Waals surface area contributed by atoms with E-state index in [1.165, 1.54) is 20.3 Å². The SMILES string of the molecule is CCC(C)C(NC(=O)C(Oc1nc(OC)cc(OC)n1)C(C)C)C(=O)OC(C)(C)C. The van der Waals surface area contributed by atoms with Crippen molar-refractivity contribution in [1.82, 2.24) is 15.3 Å². The maximum absolute atomic E-state index is 13.0. The molecule has 0 radical (unpaired) electrons. The van der Waals surface area contributed by atoms with Crippen LogP contribution in [0.25, 0.3) is 0 Å². The Kier molecular flexibility index (Phi) is 9.32. The molecule has 170 valence electrons. The summed E-state index contributed by atoms with van der Waals surface area (Å²) in [5, 5.41) is 2.79. The van der Waals surface area contributed by atoms with E-state index < -0.39 is 29.6 Å². The molecule has 0 fully saturated rings. The summed E-state index contributed by atoms with van der Waals surface area (Å²) in [5.74, 6) is -0.789. The van der Waals surface area contributed by atoms with E-state index in [9.17, 15) is 9.59 Å². The molecule has 0 aliphatic rings. The summed E-state index contributed by atoms with van der Waals surface area (Å²) in [6.45, 7) is 12.8. The third-order valence-corrected chi connectivity index (χ3v) is 4.34. The monoisotopic (exact) mass is 425 g/mol. The largest absolute Gasteiger partial charge is 0.481 e. The fraction of sp³-hybridized carbons (Fsp3) is 0.714. The van der Waals surface area contributed by atoms with Crippen molar-refractivity contribution in [3.8, 4) is 17.8 Å². The maximum Gasteiger partial charge on any atom is 0.329 e. The van der Waals surface area contributed by atoms with Gasteiger partial charge in [0.1, 0.15) is 11.6 Å². The second kappa shape index (κ2) is 11.0. The molecule has 0 aromatic carbocycles. The maximum atomic E-state index is 13.0. The highest BCUT2D eigenvalue weighted by Gasteiger charge is 2.34. The Morgan fingerprint density at radius 2 is 1.60 bits per heavy atom. The average Bonchev–Trinajstić information content (AvgIpc) is 2.67. The molecule has 3 atom stereocenters. The standard InChI is InChI=1S/C21H35N3O6/c1-10-13(4)16(19(26)30-21(5,6)7)24-18(25)17(12(2)3)29-20-22-14(27-8)11-15(23-20)28-9/h11-13,16-17H,10H2,1-9H3,(H,24,25). The number of nitrogens with one attached hydrogen (secondary N) is 1. The normalized spacial score (nSPS) is 14.5. The van der Waals surface area contributed by atoms with Crippen molar-refractivity contribution in [3.63, 3.8) is 0 Å². The highest BCUT2D eigenvalue weighted by Crippen LogP contribution is 2.22. The molecule has 1 N–H and O–H groups in total. The van der Waals surface area contributed by atoms with Crippen molar-refractivity contribution in [1.29, 1.82) is 0 Å². The molecule has 0 aliphatic carbocycles. The van der Waals surface area contributed by atoms with Crippen LogP contribution in [-0.4, -0.2) is 53.8 Å². The molecule has 9 nitrogen and oxygen atoms in total. The first-order valence-electron chi connectivity index (χ1n) is 10.1. The number of nitrogens with zero attached hydrogens (tertiary/aromatic N) is 2. The number of hydrogen-bond donors (Lipinski definition) is 1. The van der Waals surface area contributed by atoms with Gasteiger partial charge in [-0.05, 0) is 32.6 Å². The van der Waals surface area contributed by atoms with Gasteiger partial charge in [-0.2, -0.15) is 9.97 Å². The van der Waals surface area contributed by atoms with Gasteiger partial charge in [0.2, 0.25) is 11.8 Å². The van der Waals surface area contributed by atoms with Crippen LogP contribution >= 0.6 is 0 Å². The molecule has 0 bridgehead atoms. The number of ether oxygens (including phenoxy) is 4. The van der Waals surface area contributed by atoms with E-state index in [0.29, 0.717) is 6.42 Å². The van der Waals surface area contributed by atoms with E-state index in [0.717, 1.165) is 0 Å². The highest BCUT2D eigenvalue weighted by molar-refractivity contribution is 5.87. The van der Waals surface area contributed by atoms with E-state index in [2.05, 4.69) is 15.3 Å². The average molecular weight is 426 g/mol. The minimum Gasteiger partial charge on any atom is -0.481 e. The molecule has 30 heavy (non-hydrogen) atoms. The smallest absolute Gasteiger partial charge is 0.329 e. The van der Waals surface area contributed by atoms with Crippen molar-refractivity contribution in [2.75, 3.05) is 14.2 Å². The zero-order valence-electron chi connectivity index (χ0n) is 19.4. The van der Waals surface area contributed by atoms with Crippen LogP contribution in [-0.2, 0) is 14.3 Å². The lowest BCUT2D eigenvalue weighted by atomic mass is 9.97. The van der Waals surface area contributed by atoms with Crippen molar-refractivity contribution >= 4 is 11.9 Å². The van der Waals surface area contributed by atoms with Crippen LogP contribution in [0.2, 0.25) is 0 Å². The van der Waals surface area contributed by atoms with Crippen LogP contribution in [0.4, 0.5) is 0 Å². The van der Waals surface area contributed by atoms with Gasteiger partial charge in [0.05, 0.1) is 20.3 Å². The minimum absolute atomic E-state index is 0.0580. The first-order chi connectivity index (χ1) is 13.9. The van der Waals surface area contributed by atoms with E-state index in [1.807, 2.05) is 27.7 Å². The van der Waals surface area contributed by atoms with E-state index >= 15 is 0 Å². The number of carbonyl (C=O) groups excluding carboxylic acids is 2. The zero-order chi connectivity index (χ0) is 23.1. The minimum atomic E-state index is -0.934. The Morgan fingerprint density at radius 3 is 2.00 bits per heavy atom. The van der Waals surface area contributed by atoms with Crippen LogP contribution in [0.5, 0.6) is 17.8 Å². The molecule has 1 amide bonds. The fourth-order valence-corrected chi connectivity index (χ4v) is 2.52. The van der Waals surface area contributed by atoms with Crippen LogP contribution < -0.4 is 19.5 Å². The van der Waals surface area contributed by atoms with Gasteiger partial charge in [0.25, 0.3) is 5.91 Å². The molecular formula is C21H35N3O6. The third-order valence-electron chi connectivity index (χ3n) is 4.34. The summed E-state index contributed by atoms with van der Waals surface area (Å²) >= 11 is 0. The van der Waals surface area contributed by atoms with Gasteiger partial charge in [0.15, 0.2) is 6.10 Å². The van der Waals surface area contributed by atoms with Gasteiger partial charge in [-0.3, -0.25) is 4.79 Å². The lowest BCUT2D eigenvalue weighted by molar-refractivity contribution is -0.160. The fourth-order valence-electron chi connectivity index (χ4n) is 2.52. The van der Waals surface area contributed by atoms with Crippen LogP contribution in [0.15, 0.2) is 6.07 Å². The molecule has 9 heteroatoms. The summed E-state index contributed by atoms with van der Waals surface area (Å²) in [4.78, 5) is 33.9. The molecule has 0 aliphatic heterocycles. The van der Waals surface area contributed by atoms with Gasteiger partial charge in [-0.25, -0.2) is 4.79 Å². The quantitative estimate of drug-likeness (QED) is 0.570. The summed E-state index contributed by atoms with van der Waals surface area (Å²) in [5.41, 5.74) is -0.660. The highest BCUT2D eigenvalue weighted by atomic mass is 16.6. The second-order valence-electron chi connectivity index (χ2n) is 8.42. The Morgan fingerprint density at radius 1 is 1.07 bits per heavy atom. The molecule has 0 spiro atoms. The van der Waals surface area contributed by atoms with Crippen LogP contribution in [0.3, 0.4) is 0 Å². The first-order valence-corrected chi connectivity index (χ1v) is 10.1. The number of amides is 1. The van der Waals surface area contributed by atoms with E-state index in [-0.39, 0.29) is 29.6 Å². The van der Waals surface area contributed by atoms with Gasteiger partial charge in [-0.15, -0.1) is 0 Å². The van der Waals surface area contributed by atoms with Crippen molar-refractivity contribution in [2.24, 2.45) is 11.8 Å². The lowest BCUT2D eigenvalue weighted by Crippen LogP contribution is -2.52. The molecule has 0 saturated carbocycles. The lowest BCUT2D eigenvalue weighted by Gasteiger charge is -2.29. The third kappa shape index (κ3) is 7.68. The van der Waals surface area contributed by atoms with E-state index in [1.54, 1.807) is 20.8 Å². The Labute approximate surface area is 178 Å². The molecule has 1 heterocycles. The predicted octanol–water partition coefficient (Wildman–Crippen LogP) is 2.77. The zero-order valence-corrected chi connectivity index (χ0v) is 19.4. The number of aromatic nitrogens is 2. The second-order valence-corrected chi connectivity index (χ2v) is 8.42. The Balaban J connectivity index is 3.08. The molecule has 0 saturated heterocycles. The number of esters is 1. The van der Waals surface area contributed by atoms with Gasteiger partial charge < -0.3 is 24.3 Å². The predicted molar refractivity (Wildman–Crippen MR) is 112 cm³/mol. The number of methoxy groups -OCH3 is 2. The molecule has 3 unspecified atom stereocenters. The number of hydrogen-bond acceptors (Lipinski definition) is 8. The number of carbonyl (C=O) groups is 2. The van der Waals surface area contributed by atoms with Crippen molar-refractivity contribution in [2.45, 2.75) is 72.6 Å². The van der Waals surface area contributed by atoms with Crippen LogP contribution in [0, 0.1) is 11.8 Å². The molecule has 1 aromatic rings. The Hall–Kier alpha value is -2.58. The first kappa shape index (κ1) is 25.5. The summed E-state index contributed by atoms with van der Waals surface area (Å²) < 4.78 is 21.5. The van der Waals surface area contributed by atoms with E-state index in [4.69, 9.17) is 18.9 Å². The Bertz CT molecular complexity index is 695. The molecular weight excluding hydrogens is 390 g/mol. The van der Waals surface area contributed by atoms with Gasteiger partial charge >= 0.3 is 12.0 Å². The van der Waals surface area contributed by atoms with Gasteiger partial charge in [0, 0.05) is 0 Å². The molecule has 1 rings (SSSR count). The van der Waals surface area contributed by atoms with Crippen molar-refractivity contribution < 1.29 is 28.5 Å². The summed E-state index contributed by atoms with van der Waals surface area (Å²) in [6, 6.07) is 0.642. The number of rotatable bonds is 10.